The molecular formula is C20H10O8. The molecule has 0 atom stereocenters. The summed E-state index contributed by atoms with van der Waals surface area (Å²) < 4.78 is 0. The van der Waals surface area contributed by atoms with E-state index in [0.717, 1.165) is 12.1 Å². The predicted molar refractivity (Wildman–Crippen MR) is 98.0 cm³/mol. The van der Waals surface area contributed by atoms with E-state index in [4.69, 9.17) is 0 Å². The lowest BCUT2D eigenvalue weighted by Gasteiger charge is -2.17. The van der Waals surface area contributed by atoms with E-state index >= 15 is 0 Å². The highest BCUT2D eigenvalue weighted by atomic mass is 16.4. The molecule has 0 aliphatic carbocycles. The van der Waals surface area contributed by atoms with Crippen molar-refractivity contribution >= 4 is 56.2 Å². The standard InChI is InChI=1S/C20H10O8/c21-17(22)11-5-13(19(25)26)9-3-4-10-14(20(27)28)6-12(18(23)24)8-2-1-7(11)15(9)16(8)10/h1-6H,(H,21,22)(H,23,24)(H,25,26)(H,27,28). The van der Waals surface area contributed by atoms with E-state index in [1.54, 1.807) is 0 Å². The van der Waals surface area contributed by atoms with Crippen molar-refractivity contribution in [2.24, 2.45) is 0 Å². The van der Waals surface area contributed by atoms with Gasteiger partial charge in [-0.15, -0.1) is 0 Å². The average molecular weight is 378 g/mol. The molecule has 28 heavy (non-hydrogen) atoms. The SMILES string of the molecule is O=C(O)c1cc(C(=O)O)c2ccc3c(C(=O)O)cc(C(=O)O)c4ccc1c2c43. The molecule has 138 valence electrons. The topological polar surface area (TPSA) is 149 Å². The molecule has 0 saturated carbocycles. The number of rotatable bonds is 4. The van der Waals surface area contributed by atoms with Crippen LogP contribution in [0.25, 0.3) is 32.3 Å². The van der Waals surface area contributed by atoms with E-state index in [-0.39, 0.29) is 54.6 Å². The zero-order valence-electron chi connectivity index (χ0n) is 13.9. The predicted octanol–water partition coefficient (Wildman–Crippen LogP) is 3.38. The molecule has 4 aromatic rings. The molecule has 4 N–H and O–H groups in total. The summed E-state index contributed by atoms with van der Waals surface area (Å²) in [5, 5.41) is 39.3. The van der Waals surface area contributed by atoms with Crippen molar-refractivity contribution in [3.8, 4) is 0 Å². The fourth-order valence-electron chi connectivity index (χ4n) is 3.70. The molecule has 0 aliphatic rings. The Bertz CT molecular complexity index is 1160. The summed E-state index contributed by atoms with van der Waals surface area (Å²) in [6.45, 7) is 0. The summed E-state index contributed by atoms with van der Waals surface area (Å²) in [5.74, 6) is -5.40. The maximum absolute atomic E-state index is 11.7. The molecule has 0 aromatic heterocycles. The molecule has 0 unspecified atom stereocenters. The zero-order chi connectivity index (χ0) is 20.3. The highest BCUT2D eigenvalue weighted by molar-refractivity contribution is 6.32. The van der Waals surface area contributed by atoms with Crippen LogP contribution in [0.5, 0.6) is 0 Å². The van der Waals surface area contributed by atoms with Crippen LogP contribution in [0.2, 0.25) is 0 Å². The van der Waals surface area contributed by atoms with Crippen molar-refractivity contribution in [1.82, 2.24) is 0 Å². The first-order valence-corrected chi connectivity index (χ1v) is 7.94. The van der Waals surface area contributed by atoms with Gasteiger partial charge >= 0.3 is 23.9 Å². The van der Waals surface area contributed by atoms with Gasteiger partial charge < -0.3 is 20.4 Å². The van der Waals surface area contributed by atoms with E-state index in [2.05, 4.69) is 0 Å². The molecule has 0 radical (unpaired) electrons. The van der Waals surface area contributed by atoms with Crippen molar-refractivity contribution in [3.63, 3.8) is 0 Å². The average Bonchev–Trinajstić information content (AvgIpc) is 2.64. The molecule has 8 nitrogen and oxygen atoms in total. The summed E-state index contributed by atoms with van der Waals surface area (Å²) in [7, 11) is 0. The first kappa shape index (κ1) is 17.2. The Hall–Kier alpha value is -4.20. The first-order valence-electron chi connectivity index (χ1n) is 7.94. The lowest BCUT2D eigenvalue weighted by atomic mass is 9.86. The summed E-state index contributed by atoms with van der Waals surface area (Å²) in [4.78, 5) is 46.8. The molecule has 0 saturated heterocycles. The third kappa shape index (κ3) is 2.18. The van der Waals surface area contributed by atoms with Crippen molar-refractivity contribution < 1.29 is 39.6 Å². The highest BCUT2D eigenvalue weighted by Crippen LogP contribution is 2.40. The fraction of sp³-hybridized carbons (Fsp3) is 0. The van der Waals surface area contributed by atoms with Crippen LogP contribution < -0.4 is 0 Å². The van der Waals surface area contributed by atoms with E-state index in [1.807, 2.05) is 0 Å². The Morgan fingerprint density at radius 2 is 0.679 bits per heavy atom. The second kappa shape index (κ2) is 5.65. The molecule has 0 spiro atoms. The van der Waals surface area contributed by atoms with Crippen LogP contribution in [-0.2, 0) is 0 Å². The van der Waals surface area contributed by atoms with Gasteiger partial charge in [-0.3, -0.25) is 0 Å². The Morgan fingerprint density at radius 1 is 0.464 bits per heavy atom. The zero-order valence-corrected chi connectivity index (χ0v) is 13.9. The van der Waals surface area contributed by atoms with Crippen molar-refractivity contribution in [2.45, 2.75) is 0 Å². The van der Waals surface area contributed by atoms with Gasteiger partial charge in [-0.1, -0.05) is 24.3 Å². The fourth-order valence-corrected chi connectivity index (χ4v) is 3.70. The van der Waals surface area contributed by atoms with Crippen LogP contribution in [-0.4, -0.2) is 44.3 Å². The Balaban J connectivity index is 2.40. The Morgan fingerprint density at radius 3 is 0.857 bits per heavy atom. The molecule has 4 rings (SSSR count). The maximum atomic E-state index is 11.7. The van der Waals surface area contributed by atoms with Gasteiger partial charge in [0.15, 0.2) is 0 Å². The van der Waals surface area contributed by atoms with Crippen LogP contribution in [0, 0.1) is 0 Å². The second-order valence-corrected chi connectivity index (χ2v) is 6.24. The van der Waals surface area contributed by atoms with Gasteiger partial charge in [-0.05, 0) is 44.5 Å². The number of benzene rings is 4. The van der Waals surface area contributed by atoms with E-state index in [9.17, 15) is 39.6 Å². The molecule has 0 bridgehead atoms. The third-order valence-corrected chi connectivity index (χ3v) is 4.82. The van der Waals surface area contributed by atoms with Gasteiger partial charge in [-0.2, -0.15) is 0 Å². The van der Waals surface area contributed by atoms with Crippen LogP contribution in [0.15, 0.2) is 36.4 Å². The van der Waals surface area contributed by atoms with E-state index in [1.165, 1.54) is 24.3 Å². The minimum Gasteiger partial charge on any atom is -0.478 e. The lowest BCUT2D eigenvalue weighted by Crippen LogP contribution is -2.08. The largest absolute Gasteiger partial charge is 0.478 e. The Kier molecular flexibility index (Phi) is 3.47. The normalized spacial score (nSPS) is 11.3. The quantitative estimate of drug-likeness (QED) is 0.395. The number of hydrogen-bond acceptors (Lipinski definition) is 4. The summed E-state index contributed by atoms with van der Waals surface area (Å²) in [6, 6.07) is 7.72. The van der Waals surface area contributed by atoms with Gasteiger partial charge in [-0.25, -0.2) is 19.2 Å². The molecule has 0 heterocycles. The molecule has 4 aromatic carbocycles. The first-order chi connectivity index (χ1) is 13.2. The van der Waals surface area contributed by atoms with E-state index < -0.39 is 23.9 Å². The molecule has 0 fully saturated rings. The van der Waals surface area contributed by atoms with Crippen LogP contribution in [0.4, 0.5) is 0 Å². The second-order valence-electron chi connectivity index (χ2n) is 6.24. The van der Waals surface area contributed by atoms with Gasteiger partial charge in [0.1, 0.15) is 0 Å². The smallest absolute Gasteiger partial charge is 0.336 e. The monoisotopic (exact) mass is 378 g/mol. The number of aromatic carboxylic acids is 4. The van der Waals surface area contributed by atoms with Gasteiger partial charge in [0.05, 0.1) is 22.3 Å². The third-order valence-electron chi connectivity index (χ3n) is 4.82. The van der Waals surface area contributed by atoms with Crippen molar-refractivity contribution in [2.75, 3.05) is 0 Å². The van der Waals surface area contributed by atoms with Gasteiger partial charge in [0.25, 0.3) is 0 Å². The van der Waals surface area contributed by atoms with Gasteiger partial charge in [0.2, 0.25) is 0 Å². The van der Waals surface area contributed by atoms with Gasteiger partial charge in [0, 0.05) is 0 Å². The van der Waals surface area contributed by atoms with Crippen LogP contribution >= 0.6 is 0 Å². The lowest BCUT2D eigenvalue weighted by molar-refractivity contribution is 0.0678. The van der Waals surface area contributed by atoms with Crippen LogP contribution in [0.1, 0.15) is 41.4 Å². The summed E-state index contributed by atoms with van der Waals surface area (Å²) in [6.07, 6.45) is 0. The summed E-state index contributed by atoms with van der Waals surface area (Å²) in [5.41, 5.74) is -1.07. The number of carbonyl (C=O) groups is 4. The number of carboxylic acid groups (broad SMARTS) is 4. The minimum atomic E-state index is -1.35. The molecular weight excluding hydrogens is 368 g/mol. The summed E-state index contributed by atoms with van der Waals surface area (Å²) >= 11 is 0. The van der Waals surface area contributed by atoms with Crippen molar-refractivity contribution in [3.05, 3.63) is 58.7 Å². The number of carboxylic acids is 4. The minimum absolute atomic E-state index is 0.199. The van der Waals surface area contributed by atoms with Crippen LogP contribution in [0.3, 0.4) is 0 Å². The highest BCUT2D eigenvalue weighted by Gasteiger charge is 2.24. The molecule has 0 aliphatic heterocycles. The number of hydrogen-bond donors (Lipinski definition) is 4. The van der Waals surface area contributed by atoms with Crippen molar-refractivity contribution in [1.29, 1.82) is 0 Å². The maximum Gasteiger partial charge on any atom is 0.336 e. The molecule has 8 heteroatoms. The Labute approximate surface area is 155 Å². The molecule has 0 amide bonds. The van der Waals surface area contributed by atoms with E-state index in [0.29, 0.717) is 0 Å².